The van der Waals surface area contributed by atoms with Crippen molar-refractivity contribution in [2.75, 3.05) is 19.8 Å². The van der Waals surface area contributed by atoms with Crippen LogP contribution in [-0.4, -0.2) is 53.3 Å². The van der Waals surface area contributed by atoms with E-state index in [9.17, 15) is 24.3 Å². The fourth-order valence-corrected chi connectivity index (χ4v) is 3.50. The number of amides is 2. The van der Waals surface area contributed by atoms with Crippen LogP contribution in [0, 0.1) is 6.92 Å². The van der Waals surface area contributed by atoms with Crippen LogP contribution < -0.4 is 9.46 Å². The molecule has 32 heavy (non-hydrogen) atoms. The van der Waals surface area contributed by atoms with Crippen LogP contribution in [0.25, 0.3) is 0 Å². The first kappa shape index (κ1) is 23.1. The second-order valence-electron chi connectivity index (χ2n) is 7.08. The maximum absolute atomic E-state index is 12.8. The highest BCUT2D eigenvalue weighted by molar-refractivity contribution is 7.78. The molecular formula is C22H22N2O7S. The molecule has 2 aromatic rings. The van der Waals surface area contributed by atoms with Gasteiger partial charge in [0.25, 0.3) is 11.8 Å². The molecule has 0 radical (unpaired) electrons. The van der Waals surface area contributed by atoms with Gasteiger partial charge in [0.2, 0.25) is 0 Å². The second kappa shape index (κ2) is 9.73. The van der Waals surface area contributed by atoms with E-state index in [1.165, 1.54) is 29.2 Å². The van der Waals surface area contributed by atoms with E-state index in [1.807, 2.05) is 0 Å². The number of nitrogens with one attached hydrogen (secondary N) is 1. The SMILES string of the molecule is CCOC(=O)COc1ccc(C(=O)CN2Cc3cc(C(=O)NS)ccc3C2=O)c(O)c1C. The first-order valence-corrected chi connectivity index (χ1v) is 10.2. The second-order valence-corrected chi connectivity index (χ2v) is 7.30. The number of esters is 1. The third-order valence-electron chi connectivity index (χ3n) is 5.01. The van der Waals surface area contributed by atoms with Crippen molar-refractivity contribution in [2.45, 2.75) is 20.4 Å². The van der Waals surface area contributed by atoms with Crippen LogP contribution in [0.2, 0.25) is 0 Å². The number of benzene rings is 2. The van der Waals surface area contributed by atoms with Crippen LogP contribution in [0.15, 0.2) is 30.3 Å². The Kier molecular flexibility index (Phi) is 7.04. The van der Waals surface area contributed by atoms with Crippen molar-refractivity contribution in [3.05, 3.63) is 58.1 Å². The van der Waals surface area contributed by atoms with E-state index in [4.69, 9.17) is 9.47 Å². The van der Waals surface area contributed by atoms with Gasteiger partial charge in [-0.25, -0.2) is 4.79 Å². The van der Waals surface area contributed by atoms with Crippen molar-refractivity contribution in [1.82, 2.24) is 9.62 Å². The summed E-state index contributed by atoms with van der Waals surface area (Å²) < 4.78 is 12.4. The smallest absolute Gasteiger partial charge is 0.344 e. The lowest BCUT2D eigenvalue weighted by molar-refractivity contribution is -0.145. The summed E-state index contributed by atoms with van der Waals surface area (Å²) in [5.41, 5.74) is 1.71. The summed E-state index contributed by atoms with van der Waals surface area (Å²) in [6.45, 7) is 3.04. The molecule has 2 N–H and O–H groups in total. The minimum Gasteiger partial charge on any atom is -0.507 e. The van der Waals surface area contributed by atoms with Crippen LogP contribution in [0.4, 0.5) is 0 Å². The zero-order valence-corrected chi connectivity index (χ0v) is 18.4. The van der Waals surface area contributed by atoms with Gasteiger partial charge < -0.3 is 19.5 Å². The Labute approximate surface area is 189 Å². The van der Waals surface area contributed by atoms with Crippen LogP contribution >= 0.6 is 12.8 Å². The van der Waals surface area contributed by atoms with Gasteiger partial charge >= 0.3 is 5.97 Å². The molecule has 0 fully saturated rings. The summed E-state index contributed by atoms with van der Waals surface area (Å²) in [6.07, 6.45) is 0. The predicted octanol–water partition coefficient (Wildman–Crippen LogP) is 2.06. The molecule has 10 heteroatoms. The standard InChI is InChI=1S/C22H22N2O7S/c1-3-30-19(26)11-31-18-7-6-16(20(27)12(18)2)17(25)10-24-9-14-8-13(21(28)23-32)4-5-15(14)22(24)29/h4-8,27,32H,3,9-11H2,1-2H3,(H,23,28). The van der Waals surface area contributed by atoms with Crippen molar-refractivity contribution in [3.63, 3.8) is 0 Å². The lowest BCUT2D eigenvalue weighted by Gasteiger charge is -2.16. The maximum atomic E-state index is 12.8. The highest BCUT2D eigenvalue weighted by atomic mass is 32.1. The van der Waals surface area contributed by atoms with Crippen molar-refractivity contribution in [1.29, 1.82) is 0 Å². The Morgan fingerprint density at radius 2 is 1.97 bits per heavy atom. The number of ether oxygens (including phenoxy) is 2. The number of hydrogen-bond donors (Lipinski definition) is 3. The average molecular weight is 458 g/mol. The van der Waals surface area contributed by atoms with Crippen molar-refractivity contribution in [3.8, 4) is 11.5 Å². The molecule has 1 aliphatic rings. The summed E-state index contributed by atoms with van der Waals surface area (Å²) in [5.74, 6) is -1.79. The van der Waals surface area contributed by atoms with E-state index in [0.29, 0.717) is 22.3 Å². The number of Topliss-reactive ketones (excluding diaryl/α,β-unsaturated/α-hetero) is 1. The molecule has 0 bridgehead atoms. The van der Waals surface area contributed by atoms with E-state index in [0.717, 1.165) is 0 Å². The number of phenolic OH excluding ortho intramolecular Hbond substituents is 1. The van der Waals surface area contributed by atoms with Gasteiger partial charge in [0, 0.05) is 23.2 Å². The van der Waals surface area contributed by atoms with Crippen LogP contribution in [0.1, 0.15) is 49.1 Å². The van der Waals surface area contributed by atoms with Gasteiger partial charge in [-0.05, 0) is 49.7 Å². The number of hydrogen-bond acceptors (Lipinski definition) is 8. The minimum absolute atomic E-state index is 0.0323. The normalized spacial score (nSPS) is 12.3. The average Bonchev–Trinajstić information content (AvgIpc) is 3.08. The lowest BCUT2D eigenvalue weighted by atomic mass is 10.0. The number of carbonyl (C=O) groups excluding carboxylic acids is 4. The number of fused-ring (bicyclic) bond motifs is 1. The molecule has 0 saturated carbocycles. The first-order chi connectivity index (χ1) is 15.3. The third-order valence-corrected chi connectivity index (χ3v) is 5.22. The zero-order valence-electron chi connectivity index (χ0n) is 17.5. The molecular weight excluding hydrogens is 436 g/mol. The number of phenols is 1. The highest BCUT2D eigenvalue weighted by Gasteiger charge is 2.30. The summed E-state index contributed by atoms with van der Waals surface area (Å²) in [7, 11) is 0. The molecule has 0 atom stereocenters. The van der Waals surface area contributed by atoms with Crippen molar-refractivity contribution in [2.24, 2.45) is 0 Å². The van der Waals surface area contributed by atoms with Crippen LogP contribution in [0.3, 0.4) is 0 Å². The molecule has 2 amide bonds. The van der Waals surface area contributed by atoms with Crippen molar-refractivity contribution < 1.29 is 33.8 Å². The number of rotatable bonds is 8. The molecule has 1 aliphatic heterocycles. The lowest BCUT2D eigenvalue weighted by Crippen LogP contribution is -2.30. The van der Waals surface area contributed by atoms with E-state index in [1.54, 1.807) is 19.9 Å². The van der Waals surface area contributed by atoms with Gasteiger partial charge in [0.15, 0.2) is 12.4 Å². The topological polar surface area (TPSA) is 122 Å². The van der Waals surface area contributed by atoms with Crippen LogP contribution in [0.5, 0.6) is 11.5 Å². The molecule has 0 aromatic heterocycles. The molecule has 168 valence electrons. The van der Waals surface area contributed by atoms with E-state index in [-0.39, 0.29) is 49.3 Å². The molecule has 9 nitrogen and oxygen atoms in total. The molecule has 0 unspecified atom stereocenters. The van der Waals surface area contributed by atoms with Gasteiger partial charge in [0.05, 0.1) is 18.7 Å². The van der Waals surface area contributed by atoms with Crippen molar-refractivity contribution >= 4 is 36.4 Å². The zero-order chi connectivity index (χ0) is 23.4. The van der Waals surface area contributed by atoms with E-state index < -0.39 is 17.7 Å². The minimum atomic E-state index is -0.548. The Morgan fingerprint density at radius 1 is 1.22 bits per heavy atom. The number of carbonyl (C=O) groups is 4. The molecule has 1 heterocycles. The number of thiol groups is 1. The van der Waals surface area contributed by atoms with E-state index >= 15 is 0 Å². The third kappa shape index (κ3) is 4.70. The monoisotopic (exact) mass is 458 g/mol. The summed E-state index contributed by atoms with van der Waals surface area (Å²) in [4.78, 5) is 50.0. The summed E-state index contributed by atoms with van der Waals surface area (Å²) in [5, 5.41) is 10.5. The van der Waals surface area contributed by atoms with E-state index in [2.05, 4.69) is 17.5 Å². The predicted molar refractivity (Wildman–Crippen MR) is 117 cm³/mol. The van der Waals surface area contributed by atoms with Gasteiger partial charge in [0.1, 0.15) is 11.5 Å². The Bertz CT molecular complexity index is 1100. The molecule has 3 rings (SSSR count). The number of aromatic hydroxyl groups is 1. The summed E-state index contributed by atoms with van der Waals surface area (Å²) >= 11 is 3.73. The fraction of sp³-hybridized carbons (Fsp3) is 0.273. The Balaban J connectivity index is 1.71. The molecule has 0 aliphatic carbocycles. The molecule has 2 aromatic carbocycles. The van der Waals surface area contributed by atoms with Gasteiger partial charge in [-0.3, -0.25) is 19.1 Å². The van der Waals surface area contributed by atoms with Gasteiger partial charge in [-0.2, -0.15) is 0 Å². The Hall–Kier alpha value is -3.53. The molecule has 0 spiro atoms. The number of nitrogens with zero attached hydrogens (tertiary/aromatic N) is 1. The summed E-state index contributed by atoms with van der Waals surface area (Å²) in [6, 6.07) is 7.49. The highest BCUT2D eigenvalue weighted by Crippen LogP contribution is 2.32. The van der Waals surface area contributed by atoms with Gasteiger partial charge in [-0.15, -0.1) is 0 Å². The first-order valence-electron chi connectivity index (χ1n) is 9.77. The van der Waals surface area contributed by atoms with Gasteiger partial charge in [-0.1, -0.05) is 12.8 Å². The quantitative estimate of drug-likeness (QED) is 0.314. The fourth-order valence-electron chi connectivity index (χ4n) is 3.38. The Morgan fingerprint density at radius 3 is 2.66 bits per heavy atom. The molecule has 0 saturated heterocycles. The number of ketones is 1. The van der Waals surface area contributed by atoms with Crippen LogP contribution in [-0.2, 0) is 16.1 Å². The largest absolute Gasteiger partial charge is 0.507 e. The maximum Gasteiger partial charge on any atom is 0.344 e.